The number of benzene rings is 1. The first-order valence-electron chi connectivity index (χ1n) is 8.65. The SMILES string of the molecule is Nc1nc(Cl)nc2c1ccn2[C@@H]1C[C@H](c2cccc(OC(F)(F)F)c2)[C@@H](O)[C@H]1O. The maximum absolute atomic E-state index is 12.5. The number of nitrogens with two attached hydrogens (primary N) is 1. The van der Waals surface area contributed by atoms with Gasteiger partial charge in [0.15, 0.2) is 0 Å². The number of anilines is 1. The Morgan fingerprint density at radius 2 is 1.93 bits per heavy atom. The van der Waals surface area contributed by atoms with Crippen molar-refractivity contribution in [2.45, 2.75) is 37.0 Å². The summed E-state index contributed by atoms with van der Waals surface area (Å²) in [5.41, 5.74) is 6.67. The van der Waals surface area contributed by atoms with Crippen LogP contribution in [0, 0.1) is 0 Å². The lowest BCUT2D eigenvalue weighted by molar-refractivity contribution is -0.274. The molecule has 154 valence electrons. The highest BCUT2D eigenvalue weighted by Crippen LogP contribution is 2.43. The van der Waals surface area contributed by atoms with Crippen LogP contribution in [0.15, 0.2) is 36.5 Å². The molecule has 1 saturated carbocycles. The van der Waals surface area contributed by atoms with Crippen molar-refractivity contribution < 1.29 is 28.1 Å². The van der Waals surface area contributed by atoms with Gasteiger partial charge in [-0.15, -0.1) is 13.2 Å². The van der Waals surface area contributed by atoms with Gasteiger partial charge in [0, 0.05) is 12.1 Å². The molecule has 3 aromatic rings. The van der Waals surface area contributed by atoms with Gasteiger partial charge in [0.1, 0.15) is 23.3 Å². The Labute approximate surface area is 167 Å². The van der Waals surface area contributed by atoms with E-state index in [1.165, 1.54) is 18.2 Å². The molecule has 7 nitrogen and oxygen atoms in total. The Morgan fingerprint density at radius 1 is 1.17 bits per heavy atom. The zero-order valence-corrected chi connectivity index (χ0v) is 15.5. The monoisotopic (exact) mass is 428 g/mol. The number of aliphatic hydroxyl groups is 2. The molecule has 1 aromatic carbocycles. The number of alkyl halides is 3. The highest BCUT2D eigenvalue weighted by atomic mass is 35.5. The molecule has 0 saturated heterocycles. The number of hydrogen-bond acceptors (Lipinski definition) is 6. The van der Waals surface area contributed by atoms with Crippen LogP contribution in [0.3, 0.4) is 0 Å². The number of ether oxygens (including phenoxy) is 1. The molecule has 0 amide bonds. The molecular formula is C18H16ClF3N4O3. The van der Waals surface area contributed by atoms with Crippen LogP contribution in [0.2, 0.25) is 5.28 Å². The van der Waals surface area contributed by atoms with E-state index in [0.29, 0.717) is 16.6 Å². The standard InChI is InChI=1S/C18H16ClF3N4O3/c19-17-24-15(23)10-4-5-26(16(10)25-17)12-7-11(13(27)14(12)28)8-2-1-3-9(6-8)29-18(20,21)22/h1-6,11-14,27-28H,7H2,(H2,23,24,25)/t11-,12-,13-,14+/m1/s1. The van der Waals surface area contributed by atoms with Crippen LogP contribution in [0.1, 0.15) is 23.9 Å². The van der Waals surface area contributed by atoms with Crippen molar-refractivity contribution in [3.8, 4) is 5.75 Å². The minimum atomic E-state index is -4.82. The van der Waals surface area contributed by atoms with Gasteiger partial charge in [-0.3, -0.25) is 0 Å². The van der Waals surface area contributed by atoms with Gasteiger partial charge in [-0.1, -0.05) is 12.1 Å². The number of nitrogens with zero attached hydrogens (tertiary/aromatic N) is 3. The number of rotatable bonds is 3. The quantitative estimate of drug-likeness (QED) is 0.554. The molecule has 4 rings (SSSR count). The van der Waals surface area contributed by atoms with Crippen molar-refractivity contribution >= 4 is 28.5 Å². The van der Waals surface area contributed by atoms with Crippen LogP contribution in [-0.4, -0.2) is 43.3 Å². The molecule has 4 N–H and O–H groups in total. The fourth-order valence-electron chi connectivity index (χ4n) is 3.85. The first kappa shape index (κ1) is 19.7. The molecule has 1 aliphatic carbocycles. The molecule has 2 heterocycles. The molecular weight excluding hydrogens is 413 g/mol. The van der Waals surface area contributed by atoms with Gasteiger partial charge < -0.3 is 25.3 Å². The fourth-order valence-corrected chi connectivity index (χ4v) is 4.03. The molecule has 0 radical (unpaired) electrons. The molecule has 4 atom stereocenters. The van der Waals surface area contributed by atoms with Crippen molar-refractivity contribution in [2.75, 3.05) is 5.73 Å². The highest BCUT2D eigenvalue weighted by Gasteiger charge is 2.44. The summed E-state index contributed by atoms with van der Waals surface area (Å²) >= 11 is 5.89. The first-order chi connectivity index (χ1) is 13.6. The maximum Gasteiger partial charge on any atom is 0.573 e. The Morgan fingerprint density at radius 3 is 2.66 bits per heavy atom. The largest absolute Gasteiger partial charge is 0.573 e. The molecule has 1 fully saturated rings. The van der Waals surface area contributed by atoms with Gasteiger partial charge in [-0.25, -0.2) is 4.98 Å². The number of fused-ring (bicyclic) bond motifs is 1. The molecule has 2 aromatic heterocycles. The third-order valence-corrected chi connectivity index (χ3v) is 5.27. The number of nitrogen functional groups attached to an aromatic ring is 1. The summed E-state index contributed by atoms with van der Waals surface area (Å²) < 4.78 is 43.1. The molecule has 0 bridgehead atoms. The van der Waals surface area contributed by atoms with Crippen LogP contribution in [0.4, 0.5) is 19.0 Å². The third-order valence-electron chi connectivity index (χ3n) is 5.10. The number of aliphatic hydroxyl groups excluding tert-OH is 2. The second-order valence-corrected chi connectivity index (χ2v) is 7.19. The van der Waals surface area contributed by atoms with E-state index in [9.17, 15) is 23.4 Å². The van der Waals surface area contributed by atoms with E-state index in [4.69, 9.17) is 17.3 Å². The van der Waals surface area contributed by atoms with Gasteiger partial charge in [-0.05, 0) is 41.8 Å². The number of halogens is 4. The lowest BCUT2D eigenvalue weighted by Gasteiger charge is -2.19. The first-order valence-corrected chi connectivity index (χ1v) is 9.03. The molecule has 1 aliphatic rings. The van der Waals surface area contributed by atoms with E-state index >= 15 is 0 Å². The van der Waals surface area contributed by atoms with Gasteiger partial charge in [0.2, 0.25) is 5.28 Å². The topological polar surface area (TPSA) is 106 Å². The zero-order valence-electron chi connectivity index (χ0n) is 14.7. The highest BCUT2D eigenvalue weighted by molar-refractivity contribution is 6.28. The van der Waals surface area contributed by atoms with Crippen molar-refractivity contribution in [1.82, 2.24) is 14.5 Å². The van der Waals surface area contributed by atoms with Crippen LogP contribution < -0.4 is 10.5 Å². The average Bonchev–Trinajstić information content (AvgIpc) is 3.16. The van der Waals surface area contributed by atoms with E-state index < -0.39 is 30.5 Å². The van der Waals surface area contributed by atoms with Crippen LogP contribution in [-0.2, 0) is 0 Å². The van der Waals surface area contributed by atoms with Gasteiger partial charge in [-0.2, -0.15) is 4.98 Å². The minimum absolute atomic E-state index is 0.0588. The summed E-state index contributed by atoms with van der Waals surface area (Å²) in [4.78, 5) is 8.03. The van der Waals surface area contributed by atoms with E-state index in [-0.39, 0.29) is 23.3 Å². The molecule has 0 unspecified atom stereocenters. The van der Waals surface area contributed by atoms with Crippen LogP contribution in [0.25, 0.3) is 11.0 Å². The lowest BCUT2D eigenvalue weighted by Crippen LogP contribution is -2.29. The Balaban J connectivity index is 1.67. The minimum Gasteiger partial charge on any atom is -0.406 e. The molecule has 0 aliphatic heterocycles. The zero-order chi connectivity index (χ0) is 20.9. The average molecular weight is 429 g/mol. The van der Waals surface area contributed by atoms with Crippen LogP contribution in [0.5, 0.6) is 5.75 Å². The summed E-state index contributed by atoms with van der Waals surface area (Å²) in [6.07, 6.45) is -5.30. The van der Waals surface area contributed by atoms with Gasteiger partial charge in [0.25, 0.3) is 0 Å². The third kappa shape index (κ3) is 3.70. The van der Waals surface area contributed by atoms with Gasteiger partial charge in [0.05, 0.1) is 17.5 Å². The summed E-state index contributed by atoms with van der Waals surface area (Å²) in [6, 6.07) is 6.45. The van der Waals surface area contributed by atoms with E-state index in [1.54, 1.807) is 22.9 Å². The summed E-state index contributed by atoms with van der Waals surface area (Å²) in [7, 11) is 0. The van der Waals surface area contributed by atoms with Crippen LogP contribution >= 0.6 is 11.6 Å². The Bertz CT molecular complexity index is 1060. The predicted octanol–water partition coefficient (Wildman–Crippen LogP) is 3.02. The lowest BCUT2D eigenvalue weighted by atomic mass is 9.95. The molecule has 29 heavy (non-hydrogen) atoms. The number of hydrogen-bond donors (Lipinski definition) is 3. The smallest absolute Gasteiger partial charge is 0.406 e. The summed E-state index contributed by atoms with van der Waals surface area (Å²) in [5, 5.41) is 21.7. The second-order valence-electron chi connectivity index (χ2n) is 6.85. The molecule has 11 heteroatoms. The Kier molecular flexibility index (Phi) is 4.80. The number of aromatic nitrogens is 3. The van der Waals surface area contributed by atoms with Crippen molar-refractivity contribution in [2.24, 2.45) is 0 Å². The summed E-state index contributed by atoms with van der Waals surface area (Å²) in [5.74, 6) is -0.821. The van der Waals surface area contributed by atoms with Crippen molar-refractivity contribution in [3.05, 3.63) is 47.4 Å². The van der Waals surface area contributed by atoms with Crippen molar-refractivity contribution in [1.29, 1.82) is 0 Å². The predicted molar refractivity (Wildman–Crippen MR) is 98.5 cm³/mol. The fraction of sp³-hybridized carbons (Fsp3) is 0.333. The van der Waals surface area contributed by atoms with E-state index in [1.807, 2.05) is 0 Å². The van der Waals surface area contributed by atoms with E-state index in [0.717, 1.165) is 0 Å². The van der Waals surface area contributed by atoms with Gasteiger partial charge >= 0.3 is 6.36 Å². The maximum atomic E-state index is 12.5. The second kappa shape index (κ2) is 7.05. The normalized spacial score (nSPS) is 24.9. The van der Waals surface area contributed by atoms with E-state index in [2.05, 4.69) is 14.7 Å². The Hall–Kier alpha value is -2.56. The molecule has 0 spiro atoms. The summed E-state index contributed by atoms with van der Waals surface area (Å²) in [6.45, 7) is 0. The van der Waals surface area contributed by atoms with Crippen molar-refractivity contribution in [3.63, 3.8) is 0 Å².